The molecular formula is C19H21ClN2O4S. The molecule has 0 unspecified atom stereocenters. The number of aromatic nitrogens is 2. The van der Waals surface area contributed by atoms with Gasteiger partial charge in [0.25, 0.3) is 0 Å². The lowest BCUT2D eigenvalue weighted by Gasteiger charge is -2.09. The molecule has 8 heteroatoms. The fraction of sp³-hybridized carbons (Fsp3) is 0.368. The first-order valence-corrected chi connectivity index (χ1v) is 10.8. The summed E-state index contributed by atoms with van der Waals surface area (Å²) in [5.74, 6) is -0.304. The van der Waals surface area contributed by atoms with Crippen LogP contribution >= 0.6 is 11.6 Å². The fourth-order valence-electron chi connectivity index (χ4n) is 2.97. The number of halogens is 1. The number of rotatable bonds is 5. The van der Waals surface area contributed by atoms with Gasteiger partial charge in [-0.15, -0.1) is 0 Å². The second kappa shape index (κ2) is 7.86. The zero-order chi connectivity index (χ0) is 19.6. The molecule has 1 aromatic heterocycles. The minimum Gasteiger partial charge on any atom is -0.458 e. The van der Waals surface area contributed by atoms with Gasteiger partial charge in [0.05, 0.1) is 23.2 Å². The van der Waals surface area contributed by atoms with E-state index in [2.05, 4.69) is 5.10 Å². The molecular weight excluding hydrogens is 388 g/mol. The predicted octanol–water partition coefficient (Wildman–Crippen LogP) is 3.27. The van der Waals surface area contributed by atoms with Crippen molar-refractivity contribution in [1.29, 1.82) is 0 Å². The molecule has 0 spiro atoms. The molecule has 2 aromatic rings. The van der Waals surface area contributed by atoms with Crippen molar-refractivity contribution in [1.82, 2.24) is 9.78 Å². The molecule has 1 aliphatic rings. The van der Waals surface area contributed by atoms with E-state index in [-0.39, 0.29) is 24.2 Å². The Morgan fingerprint density at radius 1 is 1.33 bits per heavy atom. The first-order valence-electron chi connectivity index (χ1n) is 8.60. The molecule has 1 atom stereocenters. The Morgan fingerprint density at radius 2 is 2.04 bits per heavy atom. The molecule has 1 saturated heterocycles. The van der Waals surface area contributed by atoms with Gasteiger partial charge < -0.3 is 4.74 Å². The molecule has 0 aliphatic carbocycles. The Bertz CT molecular complexity index is 978. The number of hydrogen-bond acceptors (Lipinski definition) is 5. The molecule has 3 rings (SSSR count). The van der Waals surface area contributed by atoms with Crippen LogP contribution in [0.15, 0.2) is 30.3 Å². The SMILES string of the molecule is Cc1ccc(COC(=O)/C=C/c2c(C)nn([C@@H]3CCS(=O)(=O)C3)c2Cl)cc1. The van der Waals surface area contributed by atoms with Crippen LogP contribution in [-0.4, -0.2) is 35.7 Å². The van der Waals surface area contributed by atoms with Gasteiger partial charge >= 0.3 is 5.97 Å². The number of benzene rings is 1. The highest BCUT2D eigenvalue weighted by molar-refractivity contribution is 7.91. The van der Waals surface area contributed by atoms with Crippen molar-refractivity contribution in [3.63, 3.8) is 0 Å². The number of carbonyl (C=O) groups is 1. The smallest absolute Gasteiger partial charge is 0.331 e. The van der Waals surface area contributed by atoms with Gasteiger partial charge in [0.2, 0.25) is 0 Å². The molecule has 1 aromatic carbocycles. The maximum absolute atomic E-state index is 12.0. The van der Waals surface area contributed by atoms with Gasteiger partial charge in [-0.1, -0.05) is 41.4 Å². The largest absolute Gasteiger partial charge is 0.458 e. The zero-order valence-corrected chi connectivity index (χ0v) is 16.8. The molecule has 6 nitrogen and oxygen atoms in total. The van der Waals surface area contributed by atoms with E-state index in [0.29, 0.717) is 22.8 Å². The summed E-state index contributed by atoms with van der Waals surface area (Å²) in [6.07, 6.45) is 3.35. The normalized spacial score (nSPS) is 18.9. The molecule has 0 N–H and O–H groups in total. The van der Waals surface area contributed by atoms with Gasteiger partial charge in [-0.25, -0.2) is 17.9 Å². The minimum absolute atomic E-state index is 0.0373. The summed E-state index contributed by atoms with van der Waals surface area (Å²) in [4.78, 5) is 12.0. The third kappa shape index (κ3) is 4.78. The van der Waals surface area contributed by atoms with Crippen LogP contribution in [0.5, 0.6) is 0 Å². The third-order valence-corrected chi connectivity index (χ3v) is 6.64. The fourth-order valence-corrected chi connectivity index (χ4v) is 5.04. The van der Waals surface area contributed by atoms with Crippen molar-refractivity contribution in [3.05, 3.63) is 57.9 Å². The van der Waals surface area contributed by atoms with Crippen LogP contribution in [0.25, 0.3) is 6.08 Å². The summed E-state index contributed by atoms with van der Waals surface area (Å²) in [5, 5.41) is 4.69. The molecule has 1 fully saturated rings. The van der Waals surface area contributed by atoms with Crippen molar-refractivity contribution in [2.45, 2.75) is 32.9 Å². The minimum atomic E-state index is -3.04. The maximum Gasteiger partial charge on any atom is 0.331 e. The van der Waals surface area contributed by atoms with Crippen molar-refractivity contribution >= 4 is 33.5 Å². The van der Waals surface area contributed by atoms with Gasteiger partial charge in [0.1, 0.15) is 11.8 Å². The highest BCUT2D eigenvalue weighted by atomic mass is 35.5. The quantitative estimate of drug-likeness (QED) is 0.560. The van der Waals surface area contributed by atoms with Crippen LogP contribution in [0.3, 0.4) is 0 Å². The number of aryl methyl sites for hydroxylation is 2. The molecule has 2 heterocycles. The van der Waals surface area contributed by atoms with E-state index in [9.17, 15) is 13.2 Å². The van der Waals surface area contributed by atoms with Crippen LogP contribution in [0.4, 0.5) is 0 Å². The molecule has 1 aliphatic heterocycles. The topological polar surface area (TPSA) is 78.3 Å². The van der Waals surface area contributed by atoms with Crippen LogP contribution in [0.1, 0.15) is 34.8 Å². The number of hydrogen-bond donors (Lipinski definition) is 0. The molecule has 0 radical (unpaired) electrons. The average Bonchev–Trinajstić information content (AvgIpc) is 3.11. The number of esters is 1. The Kier molecular flexibility index (Phi) is 5.72. The molecule has 0 amide bonds. The molecule has 0 saturated carbocycles. The Balaban J connectivity index is 1.66. The van der Waals surface area contributed by atoms with E-state index in [1.54, 1.807) is 17.7 Å². The summed E-state index contributed by atoms with van der Waals surface area (Å²) in [6, 6.07) is 7.47. The second-order valence-corrected chi connectivity index (χ2v) is 9.30. The Morgan fingerprint density at radius 3 is 2.67 bits per heavy atom. The summed E-state index contributed by atoms with van der Waals surface area (Å²) >= 11 is 6.38. The van der Waals surface area contributed by atoms with Crippen molar-refractivity contribution in [2.24, 2.45) is 0 Å². The summed E-state index contributed by atoms with van der Waals surface area (Å²) in [6.45, 7) is 3.95. The van der Waals surface area contributed by atoms with E-state index in [1.807, 2.05) is 31.2 Å². The van der Waals surface area contributed by atoms with E-state index in [0.717, 1.165) is 11.1 Å². The number of ether oxygens (including phenoxy) is 1. The Hall–Kier alpha value is -2.12. The average molecular weight is 409 g/mol. The maximum atomic E-state index is 12.0. The lowest BCUT2D eigenvalue weighted by atomic mass is 10.2. The van der Waals surface area contributed by atoms with Crippen molar-refractivity contribution < 1.29 is 17.9 Å². The van der Waals surface area contributed by atoms with Gasteiger partial charge in [-0.05, 0) is 31.9 Å². The number of nitrogens with zero attached hydrogens (tertiary/aromatic N) is 2. The third-order valence-electron chi connectivity index (χ3n) is 4.51. The predicted molar refractivity (Wildman–Crippen MR) is 104 cm³/mol. The van der Waals surface area contributed by atoms with Gasteiger partial charge in [0, 0.05) is 11.6 Å². The van der Waals surface area contributed by atoms with E-state index in [4.69, 9.17) is 16.3 Å². The zero-order valence-electron chi connectivity index (χ0n) is 15.2. The van der Waals surface area contributed by atoms with Gasteiger partial charge in [0.15, 0.2) is 9.84 Å². The van der Waals surface area contributed by atoms with E-state index < -0.39 is 15.8 Å². The van der Waals surface area contributed by atoms with Gasteiger partial charge in [-0.2, -0.15) is 5.10 Å². The van der Waals surface area contributed by atoms with Crippen molar-refractivity contribution in [2.75, 3.05) is 11.5 Å². The molecule has 144 valence electrons. The summed E-state index contributed by atoms with van der Waals surface area (Å²) < 4.78 is 30.1. The summed E-state index contributed by atoms with van der Waals surface area (Å²) in [5.41, 5.74) is 3.27. The van der Waals surface area contributed by atoms with Crippen LogP contribution < -0.4 is 0 Å². The monoisotopic (exact) mass is 408 g/mol. The second-order valence-electron chi connectivity index (χ2n) is 6.72. The molecule has 0 bridgehead atoms. The van der Waals surface area contributed by atoms with Crippen LogP contribution in [-0.2, 0) is 26.0 Å². The molecule has 27 heavy (non-hydrogen) atoms. The standard InChI is InChI=1S/C19H21ClN2O4S/c1-13-3-5-15(6-4-13)11-26-18(23)8-7-17-14(2)21-22(19(17)20)16-9-10-27(24,25)12-16/h3-8,16H,9-12H2,1-2H3/b8-7+/t16-/m1/s1. The first kappa shape index (κ1) is 19.6. The highest BCUT2D eigenvalue weighted by Gasteiger charge is 2.31. The van der Waals surface area contributed by atoms with Crippen molar-refractivity contribution in [3.8, 4) is 0 Å². The van der Waals surface area contributed by atoms with Crippen LogP contribution in [0.2, 0.25) is 5.15 Å². The van der Waals surface area contributed by atoms with Gasteiger partial charge in [-0.3, -0.25) is 0 Å². The van der Waals surface area contributed by atoms with E-state index >= 15 is 0 Å². The number of carbonyl (C=O) groups excluding carboxylic acids is 1. The number of sulfone groups is 1. The Labute approximate surface area is 163 Å². The first-order chi connectivity index (χ1) is 12.7. The lowest BCUT2D eigenvalue weighted by molar-refractivity contribution is -0.138. The van der Waals surface area contributed by atoms with Crippen LogP contribution in [0, 0.1) is 13.8 Å². The van der Waals surface area contributed by atoms with E-state index in [1.165, 1.54) is 6.08 Å². The summed E-state index contributed by atoms with van der Waals surface area (Å²) in [7, 11) is -3.04. The lowest BCUT2D eigenvalue weighted by Crippen LogP contribution is -2.12. The highest BCUT2D eigenvalue weighted by Crippen LogP contribution is 2.30.